The molecule has 1 saturated heterocycles. The molecule has 3 heteroatoms. The summed E-state index contributed by atoms with van der Waals surface area (Å²) >= 11 is 0. The van der Waals surface area contributed by atoms with Crippen LogP contribution in [0.2, 0.25) is 0 Å². The second-order valence-electron chi connectivity index (χ2n) is 5.07. The van der Waals surface area contributed by atoms with Gasteiger partial charge in [0.2, 0.25) is 5.91 Å². The van der Waals surface area contributed by atoms with Gasteiger partial charge in [0, 0.05) is 6.54 Å². The first kappa shape index (κ1) is 13.5. The van der Waals surface area contributed by atoms with Crippen LogP contribution in [-0.2, 0) is 4.79 Å². The van der Waals surface area contributed by atoms with Crippen LogP contribution < -0.4 is 5.32 Å². The molecular weight excluding hydrogens is 200 g/mol. The van der Waals surface area contributed by atoms with Gasteiger partial charge in [0.1, 0.15) is 0 Å². The molecule has 2 atom stereocenters. The lowest BCUT2D eigenvalue weighted by Crippen LogP contribution is -2.43. The van der Waals surface area contributed by atoms with Crippen molar-refractivity contribution in [3.05, 3.63) is 0 Å². The molecule has 0 aromatic heterocycles. The van der Waals surface area contributed by atoms with E-state index in [0.29, 0.717) is 0 Å². The van der Waals surface area contributed by atoms with Crippen molar-refractivity contribution in [2.75, 3.05) is 6.54 Å². The summed E-state index contributed by atoms with van der Waals surface area (Å²) in [4.78, 5) is 14.2. The lowest BCUT2D eigenvalue weighted by atomic mass is 9.99. The van der Waals surface area contributed by atoms with Crippen molar-refractivity contribution in [3.63, 3.8) is 0 Å². The monoisotopic (exact) mass is 226 g/mol. The Morgan fingerprint density at radius 1 is 1.31 bits per heavy atom. The molecule has 1 fully saturated rings. The van der Waals surface area contributed by atoms with E-state index in [1.54, 1.807) is 0 Å². The van der Waals surface area contributed by atoms with E-state index in [-0.39, 0.29) is 17.6 Å². The largest absolute Gasteiger partial charge is 0.326 e. The van der Waals surface area contributed by atoms with Crippen molar-refractivity contribution < 1.29 is 4.79 Å². The van der Waals surface area contributed by atoms with Crippen molar-refractivity contribution in [1.82, 2.24) is 10.2 Å². The molecule has 94 valence electrons. The van der Waals surface area contributed by atoms with Crippen LogP contribution in [0.3, 0.4) is 0 Å². The van der Waals surface area contributed by atoms with Crippen LogP contribution in [0.25, 0.3) is 0 Å². The number of nitrogens with zero attached hydrogens (tertiary/aromatic N) is 1. The lowest BCUT2D eigenvalue weighted by molar-refractivity contribution is -0.132. The first-order valence-corrected chi connectivity index (χ1v) is 6.64. The van der Waals surface area contributed by atoms with Crippen LogP contribution in [0.5, 0.6) is 0 Å². The Morgan fingerprint density at radius 2 is 2.00 bits per heavy atom. The molecule has 0 spiro atoms. The van der Waals surface area contributed by atoms with Gasteiger partial charge in [0.15, 0.2) is 0 Å². The minimum Gasteiger partial charge on any atom is -0.326 e. The molecule has 16 heavy (non-hydrogen) atoms. The van der Waals surface area contributed by atoms with E-state index in [2.05, 4.69) is 26.1 Å². The van der Waals surface area contributed by atoms with Crippen molar-refractivity contribution in [2.24, 2.45) is 0 Å². The van der Waals surface area contributed by atoms with E-state index in [4.69, 9.17) is 0 Å². The standard InChI is InChI=1S/C13H26N2O/c1-5-7-8-9-10-15-11(3)14-13(4,6-2)12(15)16/h11,14H,5-10H2,1-4H3. The van der Waals surface area contributed by atoms with Crippen LogP contribution in [0.4, 0.5) is 0 Å². The molecule has 0 aliphatic carbocycles. The number of unbranched alkanes of at least 4 members (excludes halogenated alkanes) is 3. The van der Waals surface area contributed by atoms with Gasteiger partial charge in [-0.05, 0) is 26.7 Å². The maximum Gasteiger partial charge on any atom is 0.243 e. The summed E-state index contributed by atoms with van der Waals surface area (Å²) in [7, 11) is 0. The van der Waals surface area contributed by atoms with Gasteiger partial charge in [-0.3, -0.25) is 10.1 Å². The van der Waals surface area contributed by atoms with E-state index in [9.17, 15) is 4.79 Å². The third-order valence-corrected chi connectivity index (χ3v) is 3.69. The van der Waals surface area contributed by atoms with E-state index < -0.39 is 0 Å². The molecule has 0 radical (unpaired) electrons. The van der Waals surface area contributed by atoms with Crippen LogP contribution in [0.1, 0.15) is 59.8 Å². The highest BCUT2D eigenvalue weighted by atomic mass is 16.2. The summed E-state index contributed by atoms with van der Waals surface area (Å²) < 4.78 is 0. The number of carbonyl (C=O) groups excluding carboxylic acids is 1. The maximum atomic E-state index is 12.2. The average Bonchev–Trinajstić information content (AvgIpc) is 2.48. The van der Waals surface area contributed by atoms with Gasteiger partial charge in [-0.25, -0.2) is 0 Å². The number of hydrogen-bond acceptors (Lipinski definition) is 2. The van der Waals surface area contributed by atoms with Gasteiger partial charge >= 0.3 is 0 Å². The molecular formula is C13H26N2O. The van der Waals surface area contributed by atoms with Crippen LogP contribution in [-0.4, -0.2) is 29.1 Å². The highest BCUT2D eigenvalue weighted by molar-refractivity contribution is 5.88. The van der Waals surface area contributed by atoms with Crippen molar-refractivity contribution in [2.45, 2.75) is 71.5 Å². The molecule has 1 amide bonds. The number of rotatable bonds is 6. The number of carbonyl (C=O) groups is 1. The van der Waals surface area contributed by atoms with Gasteiger partial charge in [-0.1, -0.05) is 33.1 Å². The molecule has 2 unspecified atom stereocenters. The molecule has 1 heterocycles. The molecule has 1 rings (SSSR count). The normalized spacial score (nSPS) is 30.1. The molecule has 1 N–H and O–H groups in total. The average molecular weight is 226 g/mol. The summed E-state index contributed by atoms with van der Waals surface area (Å²) in [5.74, 6) is 0.277. The Bertz CT molecular complexity index is 242. The minimum atomic E-state index is -0.329. The first-order chi connectivity index (χ1) is 7.55. The fourth-order valence-electron chi connectivity index (χ4n) is 2.35. The quantitative estimate of drug-likeness (QED) is 0.706. The topological polar surface area (TPSA) is 32.3 Å². The second-order valence-corrected chi connectivity index (χ2v) is 5.07. The number of hydrogen-bond donors (Lipinski definition) is 1. The zero-order valence-electron chi connectivity index (χ0n) is 11.2. The third kappa shape index (κ3) is 2.76. The van der Waals surface area contributed by atoms with Gasteiger partial charge in [-0.2, -0.15) is 0 Å². The van der Waals surface area contributed by atoms with Crippen LogP contribution >= 0.6 is 0 Å². The Hall–Kier alpha value is -0.570. The van der Waals surface area contributed by atoms with E-state index in [0.717, 1.165) is 19.4 Å². The fraction of sp³-hybridized carbons (Fsp3) is 0.923. The summed E-state index contributed by atoms with van der Waals surface area (Å²) in [5.41, 5.74) is -0.329. The summed E-state index contributed by atoms with van der Waals surface area (Å²) in [6.07, 6.45) is 5.94. The molecule has 3 nitrogen and oxygen atoms in total. The van der Waals surface area contributed by atoms with E-state index in [1.807, 2.05) is 11.8 Å². The first-order valence-electron chi connectivity index (χ1n) is 6.64. The number of nitrogens with one attached hydrogen (secondary N) is 1. The second kappa shape index (κ2) is 5.67. The Morgan fingerprint density at radius 3 is 2.50 bits per heavy atom. The van der Waals surface area contributed by atoms with E-state index in [1.165, 1.54) is 19.3 Å². The third-order valence-electron chi connectivity index (χ3n) is 3.69. The molecule has 1 aliphatic rings. The van der Waals surface area contributed by atoms with Gasteiger partial charge in [0.05, 0.1) is 11.7 Å². The van der Waals surface area contributed by atoms with Crippen molar-refractivity contribution >= 4 is 5.91 Å². The van der Waals surface area contributed by atoms with Crippen LogP contribution in [0, 0.1) is 0 Å². The van der Waals surface area contributed by atoms with Crippen molar-refractivity contribution in [1.29, 1.82) is 0 Å². The summed E-state index contributed by atoms with van der Waals surface area (Å²) in [6.45, 7) is 9.27. The van der Waals surface area contributed by atoms with Crippen molar-refractivity contribution in [3.8, 4) is 0 Å². The highest BCUT2D eigenvalue weighted by Gasteiger charge is 2.44. The molecule has 1 aliphatic heterocycles. The molecule has 0 bridgehead atoms. The molecule has 0 aromatic carbocycles. The summed E-state index contributed by atoms with van der Waals surface area (Å²) in [6, 6.07) is 0. The zero-order valence-corrected chi connectivity index (χ0v) is 11.2. The fourth-order valence-corrected chi connectivity index (χ4v) is 2.35. The molecule has 0 saturated carbocycles. The zero-order chi connectivity index (χ0) is 12.2. The smallest absolute Gasteiger partial charge is 0.243 e. The lowest BCUT2D eigenvalue weighted by Gasteiger charge is -2.21. The van der Waals surface area contributed by atoms with Gasteiger partial charge in [0.25, 0.3) is 0 Å². The molecule has 0 aromatic rings. The Labute approximate surface area is 99.6 Å². The predicted octanol–water partition coefficient (Wildman–Crippen LogP) is 2.51. The predicted molar refractivity (Wildman–Crippen MR) is 67.1 cm³/mol. The SMILES string of the molecule is CCCCCCN1C(=O)C(C)(CC)NC1C. The van der Waals surface area contributed by atoms with Crippen LogP contribution in [0.15, 0.2) is 0 Å². The van der Waals surface area contributed by atoms with Gasteiger partial charge in [-0.15, -0.1) is 0 Å². The maximum absolute atomic E-state index is 12.2. The van der Waals surface area contributed by atoms with Gasteiger partial charge < -0.3 is 4.90 Å². The van der Waals surface area contributed by atoms with E-state index >= 15 is 0 Å². The highest BCUT2D eigenvalue weighted by Crippen LogP contribution is 2.23. The summed E-state index contributed by atoms with van der Waals surface area (Å²) in [5, 5.41) is 3.40. The minimum absolute atomic E-state index is 0.194. The Balaban J connectivity index is 2.45. The Kier molecular flexibility index (Phi) is 4.78. The number of amides is 1.